The van der Waals surface area contributed by atoms with Crippen LogP contribution in [0.3, 0.4) is 0 Å². The number of carboxylic acid groups (broad SMARTS) is 1. The van der Waals surface area contributed by atoms with Gasteiger partial charge in [-0.1, -0.05) is 12.8 Å². The largest absolute Gasteiger partial charge is 0.481 e. The summed E-state index contributed by atoms with van der Waals surface area (Å²) >= 11 is 0. The van der Waals surface area contributed by atoms with Gasteiger partial charge in [0.2, 0.25) is 5.91 Å². The van der Waals surface area contributed by atoms with Crippen LogP contribution in [0.4, 0.5) is 0 Å². The number of carbonyl (C=O) groups is 2. The standard InChI is InChI=1S/C11H17NO3/c13-9-5-8(6-10(14)15)11(12-9)7-3-1-2-4-7/h7-8,11H,1-6H2,(H,12,13)(H,14,15)/t8-,11-/m0/s1. The molecule has 1 aliphatic heterocycles. The molecule has 2 N–H and O–H groups in total. The van der Waals surface area contributed by atoms with Gasteiger partial charge in [0.05, 0.1) is 6.42 Å². The lowest BCUT2D eigenvalue weighted by atomic mass is 9.86. The molecule has 84 valence electrons. The SMILES string of the molecule is O=C(O)C[C@@H]1CC(=O)N[C@H]1C1CCCC1. The van der Waals surface area contributed by atoms with Crippen LogP contribution in [0.25, 0.3) is 0 Å². The van der Waals surface area contributed by atoms with Crippen molar-refractivity contribution < 1.29 is 14.7 Å². The second kappa shape index (κ2) is 4.21. The second-order valence-electron chi connectivity index (χ2n) is 4.70. The zero-order valence-electron chi connectivity index (χ0n) is 8.74. The van der Waals surface area contributed by atoms with Gasteiger partial charge in [-0.2, -0.15) is 0 Å². The van der Waals surface area contributed by atoms with E-state index in [9.17, 15) is 9.59 Å². The third kappa shape index (κ3) is 2.30. The number of carboxylic acids is 1. The van der Waals surface area contributed by atoms with E-state index in [1.54, 1.807) is 0 Å². The van der Waals surface area contributed by atoms with Gasteiger partial charge in [0, 0.05) is 12.5 Å². The van der Waals surface area contributed by atoms with E-state index < -0.39 is 5.97 Å². The monoisotopic (exact) mass is 211 g/mol. The number of hydrogen-bond acceptors (Lipinski definition) is 2. The highest BCUT2D eigenvalue weighted by Crippen LogP contribution is 2.35. The summed E-state index contributed by atoms with van der Waals surface area (Å²) in [6.45, 7) is 0. The summed E-state index contributed by atoms with van der Waals surface area (Å²) in [7, 11) is 0. The van der Waals surface area contributed by atoms with Crippen molar-refractivity contribution in [2.75, 3.05) is 0 Å². The molecule has 4 heteroatoms. The Hall–Kier alpha value is -1.06. The normalized spacial score (nSPS) is 31.9. The summed E-state index contributed by atoms with van der Waals surface area (Å²) in [4.78, 5) is 22.0. The number of rotatable bonds is 3. The molecule has 0 radical (unpaired) electrons. The van der Waals surface area contributed by atoms with Crippen LogP contribution >= 0.6 is 0 Å². The Labute approximate surface area is 89.0 Å². The van der Waals surface area contributed by atoms with Crippen molar-refractivity contribution in [1.29, 1.82) is 0 Å². The molecule has 4 nitrogen and oxygen atoms in total. The number of aliphatic carboxylic acids is 1. The fraction of sp³-hybridized carbons (Fsp3) is 0.818. The van der Waals surface area contributed by atoms with Crippen molar-refractivity contribution >= 4 is 11.9 Å². The van der Waals surface area contributed by atoms with Crippen LogP contribution in [0.1, 0.15) is 38.5 Å². The van der Waals surface area contributed by atoms with E-state index >= 15 is 0 Å². The van der Waals surface area contributed by atoms with Crippen molar-refractivity contribution in [2.45, 2.75) is 44.6 Å². The molecule has 15 heavy (non-hydrogen) atoms. The average Bonchev–Trinajstić information content (AvgIpc) is 2.72. The van der Waals surface area contributed by atoms with Crippen LogP contribution in [-0.4, -0.2) is 23.0 Å². The van der Waals surface area contributed by atoms with Gasteiger partial charge in [-0.05, 0) is 24.7 Å². The molecule has 0 aromatic rings. The van der Waals surface area contributed by atoms with Gasteiger partial charge < -0.3 is 10.4 Å². The van der Waals surface area contributed by atoms with E-state index in [-0.39, 0.29) is 24.3 Å². The van der Waals surface area contributed by atoms with Gasteiger partial charge in [0.15, 0.2) is 0 Å². The average molecular weight is 211 g/mol. The van der Waals surface area contributed by atoms with E-state index in [1.807, 2.05) is 0 Å². The molecule has 0 unspecified atom stereocenters. The fourth-order valence-corrected chi connectivity index (χ4v) is 2.97. The molecule has 1 aliphatic carbocycles. The van der Waals surface area contributed by atoms with Crippen LogP contribution in [0.2, 0.25) is 0 Å². The van der Waals surface area contributed by atoms with Crippen molar-refractivity contribution in [2.24, 2.45) is 11.8 Å². The Morgan fingerprint density at radius 1 is 1.40 bits per heavy atom. The van der Waals surface area contributed by atoms with Gasteiger partial charge in [0.1, 0.15) is 0 Å². The first kappa shape index (κ1) is 10.5. The van der Waals surface area contributed by atoms with E-state index in [0.29, 0.717) is 12.3 Å². The fourth-order valence-electron chi connectivity index (χ4n) is 2.97. The quantitative estimate of drug-likeness (QED) is 0.736. The number of carbonyl (C=O) groups excluding carboxylic acids is 1. The summed E-state index contributed by atoms with van der Waals surface area (Å²) in [5.74, 6) is -0.239. The highest BCUT2D eigenvalue weighted by molar-refractivity contribution is 5.80. The Morgan fingerprint density at radius 2 is 2.07 bits per heavy atom. The zero-order chi connectivity index (χ0) is 10.8. The molecule has 2 fully saturated rings. The van der Waals surface area contributed by atoms with Crippen molar-refractivity contribution in [1.82, 2.24) is 5.32 Å². The summed E-state index contributed by atoms with van der Waals surface area (Å²) < 4.78 is 0. The molecule has 1 heterocycles. The molecule has 0 bridgehead atoms. The molecular weight excluding hydrogens is 194 g/mol. The van der Waals surface area contributed by atoms with Crippen molar-refractivity contribution in [3.8, 4) is 0 Å². The molecule has 1 saturated heterocycles. The second-order valence-corrected chi connectivity index (χ2v) is 4.70. The van der Waals surface area contributed by atoms with E-state index in [1.165, 1.54) is 12.8 Å². The third-order valence-corrected chi connectivity index (χ3v) is 3.63. The van der Waals surface area contributed by atoms with E-state index in [4.69, 9.17) is 5.11 Å². The number of amides is 1. The van der Waals surface area contributed by atoms with Crippen molar-refractivity contribution in [3.05, 3.63) is 0 Å². The van der Waals surface area contributed by atoms with Crippen LogP contribution in [-0.2, 0) is 9.59 Å². The van der Waals surface area contributed by atoms with Crippen LogP contribution in [0.15, 0.2) is 0 Å². The highest BCUT2D eigenvalue weighted by Gasteiger charge is 2.39. The van der Waals surface area contributed by atoms with Gasteiger partial charge in [-0.3, -0.25) is 9.59 Å². The molecule has 1 amide bonds. The number of hydrogen-bond donors (Lipinski definition) is 2. The lowest BCUT2D eigenvalue weighted by Gasteiger charge is -2.23. The molecule has 2 atom stereocenters. The van der Waals surface area contributed by atoms with E-state index in [0.717, 1.165) is 12.8 Å². The van der Waals surface area contributed by atoms with Gasteiger partial charge in [0.25, 0.3) is 0 Å². The maximum atomic E-state index is 11.3. The highest BCUT2D eigenvalue weighted by atomic mass is 16.4. The molecule has 2 aliphatic rings. The minimum Gasteiger partial charge on any atom is -0.481 e. The Bertz CT molecular complexity index is 271. The first-order valence-electron chi connectivity index (χ1n) is 5.68. The third-order valence-electron chi connectivity index (χ3n) is 3.63. The molecule has 1 saturated carbocycles. The van der Waals surface area contributed by atoms with Gasteiger partial charge in [-0.15, -0.1) is 0 Å². The minimum absolute atomic E-state index is 0.0121. The lowest BCUT2D eigenvalue weighted by Crippen LogP contribution is -2.36. The first-order valence-corrected chi connectivity index (χ1v) is 5.68. The predicted molar refractivity (Wildman–Crippen MR) is 54.2 cm³/mol. The minimum atomic E-state index is -0.792. The summed E-state index contributed by atoms with van der Waals surface area (Å²) in [6, 6.07) is 0.121. The summed E-state index contributed by atoms with van der Waals surface area (Å²) in [6.07, 6.45) is 5.24. The van der Waals surface area contributed by atoms with E-state index in [2.05, 4.69) is 5.32 Å². The van der Waals surface area contributed by atoms with Crippen molar-refractivity contribution in [3.63, 3.8) is 0 Å². The zero-order valence-corrected chi connectivity index (χ0v) is 8.74. The topological polar surface area (TPSA) is 66.4 Å². The molecule has 0 aromatic carbocycles. The maximum Gasteiger partial charge on any atom is 0.303 e. The molecular formula is C11H17NO3. The van der Waals surface area contributed by atoms with Gasteiger partial charge >= 0.3 is 5.97 Å². The molecule has 2 rings (SSSR count). The first-order chi connectivity index (χ1) is 7.16. The molecule has 0 aromatic heterocycles. The lowest BCUT2D eigenvalue weighted by molar-refractivity contribution is -0.138. The summed E-state index contributed by atoms with van der Waals surface area (Å²) in [5.41, 5.74) is 0. The molecule has 0 spiro atoms. The summed E-state index contributed by atoms with van der Waals surface area (Å²) in [5, 5.41) is 11.7. The Balaban J connectivity index is 2.00. The number of nitrogens with one attached hydrogen (secondary N) is 1. The van der Waals surface area contributed by atoms with Gasteiger partial charge in [-0.25, -0.2) is 0 Å². The van der Waals surface area contributed by atoms with Crippen LogP contribution in [0.5, 0.6) is 0 Å². The van der Waals surface area contributed by atoms with Crippen LogP contribution < -0.4 is 5.32 Å². The Kier molecular flexibility index (Phi) is 2.93. The predicted octanol–water partition coefficient (Wildman–Crippen LogP) is 1.16. The van der Waals surface area contributed by atoms with Crippen LogP contribution in [0, 0.1) is 11.8 Å². The smallest absolute Gasteiger partial charge is 0.303 e. The maximum absolute atomic E-state index is 11.3. The Morgan fingerprint density at radius 3 is 2.67 bits per heavy atom.